The summed E-state index contributed by atoms with van der Waals surface area (Å²) in [4.78, 5) is 30.2. The van der Waals surface area contributed by atoms with Crippen LogP contribution in [0.4, 0.5) is 10.1 Å². The summed E-state index contributed by atoms with van der Waals surface area (Å²) in [6.07, 6.45) is 4.97. The number of carbonyl (C=O) groups excluding carboxylic acids is 2. The van der Waals surface area contributed by atoms with Crippen LogP contribution >= 0.6 is 0 Å². The number of rotatable bonds is 4. The lowest BCUT2D eigenvalue weighted by atomic mass is 10.0. The number of imidazole rings is 1. The van der Waals surface area contributed by atoms with Crippen molar-refractivity contribution in [3.63, 3.8) is 0 Å². The Morgan fingerprint density at radius 1 is 1.09 bits per heavy atom. The SMILES string of the molecule is Cc1ccc2ncc(C(=O)Nc3cc(C(=O)N[C@H]4CCc5ccccc54)c(C)cc3F)n2c1. The van der Waals surface area contributed by atoms with Crippen LogP contribution in [0.1, 0.15) is 55.6 Å². The summed E-state index contributed by atoms with van der Waals surface area (Å²) in [5.74, 6) is -1.41. The molecule has 0 aliphatic heterocycles. The molecule has 7 heteroatoms. The fraction of sp³-hybridized carbons (Fsp3) is 0.192. The summed E-state index contributed by atoms with van der Waals surface area (Å²) < 4.78 is 16.4. The van der Waals surface area contributed by atoms with E-state index >= 15 is 0 Å². The number of aromatic nitrogens is 2. The number of hydrogen-bond donors (Lipinski definition) is 2. The summed E-state index contributed by atoms with van der Waals surface area (Å²) in [6.45, 7) is 3.59. The maximum absolute atomic E-state index is 14.7. The summed E-state index contributed by atoms with van der Waals surface area (Å²) in [7, 11) is 0. The number of anilines is 1. The van der Waals surface area contributed by atoms with Gasteiger partial charge in [-0.1, -0.05) is 30.3 Å². The Morgan fingerprint density at radius 2 is 1.91 bits per heavy atom. The molecule has 0 fully saturated rings. The van der Waals surface area contributed by atoms with E-state index in [1.807, 2.05) is 37.3 Å². The molecule has 1 aliphatic rings. The monoisotopic (exact) mass is 442 g/mol. The summed E-state index contributed by atoms with van der Waals surface area (Å²) >= 11 is 0. The standard InChI is InChI=1S/C26H23FN4O2/c1-15-7-10-24-28-13-23(31(24)14-15)26(33)30-22-12-19(16(2)11-20(22)27)25(32)29-21-9-8-17-5-3-4-6-18(17)21/h3-7,10-14,21H,8-9H2,1-2H3,(H,29,32)(H,30,33)/t21-/m0/s1. The van der Waals surface area contributed by atoms with Gasteiger partial charge in [0, 0.05) is 11.8 Å². The number of carbonyl (C=O) groups is 2. The van der Waals surface area contributed by atoms with Crippen LogP contribution in [0.5, 0.6) is 0 Å². The van der Waals surface area contributed by atoms with Gasteiger partial charge in [-0.25, -0.2) is 9.37 Å². The fourth-order valence-electron chi connectivity index (χ4n) is 4.40. The molecular formula is C26H23FN4O2. The predicted octanol–water partition coefficient (Wildman–Crippen LogP) is 4.76. The summed E-state index contributed by atoms with van der Waals surface area (Å²) in [5, 5.41) is 5.66. The molecular weight excluding hydrogens is 419 g/mol. The normalized spacial score (nSPS) is 14.8. The van der Waals surface area contributed by atoms with Crippen LogP contribution in [0.3, 0.4) is 0 Å². The largest absolute Gasteiger partial charge is 0.345 e. The first kappa shape index (κ1) is 20.9. The number of fused-ring (bicyclic) bond motifs is 2. The zero-order valence-electron chi connectivity index (χ0n) is 18.4. The van der Waals surface area contributed by atoms with Gasteiger partial charge in [-0.2, -0.15) is 0 Å². The van der Waals surface area contributed by atoms with E-state index in [-0.39, 0.29) is 23.3 Å². The minimum absolute atomic E-state index is 0.0508. The van der Waals surface area contributed by atoms with Gasteiger partial charge in [0.2, 0.25) is 0 Å². The highest BCUT2D eigenvalue weighted by molar-refractivity contribution is 6.05. The van der Waals surface area contributed by atoms with Gasteiger partial charge in [0.1, 0.15) is 17.2 Å². The van der Waals surface area contributed by atoms with Crippen LogP contribution < -0.4 is 10.6 Å². The van der Waals surface area contributed by atoms with Crippen molar-refractivity contribution < 1.29 is 14.0 Å². The van der Waals surface area contributed by atoms with Gasteiger partial charge in [0.05, 0.1) is 17.9 Å². The highest BCUT2D eigenvalue weighted by Crippen LogP contribution is 2.31. The Balaban J connectivity index is 1.40. The molecule has 2 aromatic carbocycles. The van der Waals surface area contributed by atoms with E-state index in [2.05, 4.69) is 21.7 Å². The molecule has 2 amide bonds. The average molecular weight is 442 g/mol. The van der Waals surface area contributed by atoms with Crippen molar-refractivity contribution in [2.75, 3.05) is 5.32 Å². The molecule has 1 atom stereocenters. The van der Waals surface area contributed by atoms with Crippen molar-refractivity contribution in [1.29, 1.82) is 0 Å². The number of amides is 2. The van der Waals surface area contributed by atoms with E-state index in [9.17, 15) is 14.0 Å². The molecule has 6 nitrogen and oxygen atoms in total. The fourth-order valence-corrected chi connectivity index (χ4v) is 4.40. The lowest BCUT2D eigenvalue weighted by Crippen LogP contribution is -2.28. The highest BCUT2D eigenvalue weighted by Gasteiger charge is 2.25. The Hall–Kier alpha value is -4.00. The number of hydrogen-bond acceptors (Lipinski definition) is 3. The first-order valence-corrected chi connectivity index (χ1v) is 10.8. The minimum Gasteiger partial charge on any atom is -0.345 e. The first-order chi connectivity index (χ1) is 15.9. The van der Waals surface area contributed by atoms with E-state index in [0.29, 0.717) is 16.8 Å². The van der Waals surface area contributed by atoms with Crippen LogP contribution in [0, 0.1) is 19.7 Å². The van der Waals surface area contributed by atoms with Crippen LogP contribution in [0.2, 0.25) is 0 Å². The molecule has 2 N–H and O–H groups in total. The smallest absolute Gasteiger partial charge is 0.274 e. The summed E-state index contributed by atoms with van der Waals surface area (Å²) in [5.41, 5.74) is 4.98. The molecule has 0 spiro atoms. The van der Waals surface area contributed by atoms with Crippen molar-refractivity contribution in [2.45, 2.75) is 32.7 Å². The highest BCUT2D eigenvalue weighted by atomic mass is 19.1. The molecule has 33 heavy (non-hydrogen) atoms. The Kier molecular flexibility index (Phi) is 5.17. The molecule has 0 unspecified atom stereocenters. The maximum Gasteiger partial charge on any atom is 0.274 e. The molecule has 1 aliphatic carbocycles. The second kappa shape index (κ2) is 8.16. The number of pyridine rings is 1. The van der Waals surface area contributed by atoms with Gasteiger partial charge >= 0.3 is 0 Å². The topological polar surface area (TPSA) is 75.5 Å². The van der Waals surface area contributed by atoms with Crippen molar-refractivity contribution in [3.8, 4) is 0 Å². The van der Waals surface area contributed by atoms with Crippen molar-refractivity contribution in [3.05, 3.63) is 100 Å². The Bertz CT molecular complexity index is 1410. The molecule has 0 saturated heterocycles. The van der Waals surface area contributed by atoms with Crippen molar-refractivity contribution in [2.24, 2.45) is 0 Å². The third-order valence-corrected chi connectivity index (χ3v) is 6.13. The van der Waals surface area contributed by atoms with Gasteiger partial charge in [0.25, 0.3) is 11.8 Å². The number of nitrogens with one attached hydrogen (secondary N) is 2. The minimum atomic E-state index is -0.603. The van der Waals surface area contributed by atoms with Gasteiger partial charge in [-0.05, 0) is 67.1 Å². The Labute approximate surface area is 190 Å². The second-order valence-electron chi connectivity index (χ2n) is 8.44. The van der Waals surface area contributed by atoms with Crippen molar-refractivity contribution in [1.82, 2.24) is 14.7 Å². The molecule has 4 aromatic rings. The number of benzene rings is 2. The molecule has 0 radical (unpaired) electrons. The summed E-state index contributed by atoms with van der Waals surface area (Å²) in [6, 6.07) is 14.3. The maximum atomic E-state index is 14.7. The molecule has 0 bridgehead atoms. The number of aryl methyl sites for hydroxylation is 3. The van der Waals surface area contributed by atoms with Crippen LogP contribution in [-0.2, 0) is 6.42 Å². The number of halogens is 1. The molecule has 2 heterocycles. The lowest BCUT2D eigenvalue weighted by molar-refractivity contribution is 0.0934. The third-order valence-electron chi connectivity index (χ3n) is 6.13. The van der Waals surface area contributed by atoms with E-state index in [1.165, 1.54) is 23.9 Å². The Morgan fingerprint density at radius 3 is 2.76 bits per heavy atom. The number of nitrogens with zero attached hydrogens (tertiary/aromatic N) is 2. The second-order valence-corrected chi connectivity index (χ2v) is 8.44. The average Bonchev–Trinajstić information content (AvgIpc) is 3.39. The van der Waals surface area contributed by atoms with Crippen LogP contribution in [0.15, 0.2) is 60.9 Å². The van der Waals surface area contributed by atoms with Crippen LogP contribution in [-0.4, -0.2) is 21.2 Å². The van der Waals surface area contributed by atoms with Crippen LogP contribution in [0.25, 0.3) is 5.65 Å². The zero-order chi connectivity index (χ0) is 23.1. The van der Waals surface area contributed by atoms with E-state index in [0.717, 1.165) is 24.0 Å². The molecule has 2 aromatic heterocycles. The van der Waals surface area contributed by atoms with Crippen molar-refractivity contribution >= 4 is 23.1 Å². The third kappa shape index (κ3) is 3.86. The predicted molar refractivity (Wildman–Crippen MR) is 124 cm³/mol. The van der Waals surface area contributed by atoms with Gasteiger partial charge in [0.15, 0.2) is 0 Å². The van der Waals surface area contributed by atoms with Gasteiger partial charge < -0.3 is 10.6 Å². The van der Waals surface area contributed by atoms with E-state index in [1.54, 1.807) is 17.5 Å². The lowest BCUT2D eigenvalue weighted by Gasteiger charge is -2.16. The van der Waals surface area contributed by atoms with Gasteiger partial charge in [-0.3, -0.25) is 14.0 Å². The van der Waals surface area contributed by atoms with E-state index in [4.69, 9.17) is 0 Å². The quantitative estimate of drug-likeness (QED) is 0.479. The molecule has 0 saturated carbocycles. The molecule has 166 valence electrons. The van der Waals surface area contributed by atoms with E-state index < -0.39 is 11.7 Å². The first-order valence-electron chi connectivity index (χ1n) is 10.8. The zero-order valence-corrected chi connectivity index (χ0v) is 18.4. The van der Waals surface area contributed by atoms with Gasteiger partial charge in [-0.15, -0.1) is 0 Å². The molecule has 5 rings (SSSR count).